The lowest BCUT2D eigenvalue weighted by Gasteiger charge is -2.30. The van der Waals surface area contributed by atoms with Gasteiger partial charge in [-0.15, -0.1) is 0 Å². The summed E-state index contributed by atoms with van der Waals surface area (Å²) in [5.74, 6) is 1.78. The normalized spacial score (nSPS) is 18.2. The van der Waals surface area contributed by atoms with Gasteiger partial charge in [-0.25, -0.2) is 0 Å². The Kier molecular flexibility index (Phi) is 5.19. The van der Waals surface area contributed by atoms with E-state index in [9.17, 15) is 5.11 Å². The number of anilines is 2. The largest absolute Gasteiger partial charge is 0.392 e. The van der Waals surface area contributed by atoms with Crippen LogP contribution in [-0.4, -0.2) is 77.6 Å². The van der Waals surface area contributed by atoms with Crippen LogP contribution in [0.4, 0.5) is 11.9 Å². The molecule has 0 unspecified atom stereocenters. The minimum absolute atomic E-state index is 0.0484. The Bertz CT molecular complexity index is 711. The predicted octanol–water partition coefficient (Wildman–Crippen LogP) is 0.0991. The van der Waals surface area contributed by atoms with Crippen molar-refractivity contribution >= 4 is 11.9 Å². The predicted molar refractivity (Wildman–Crippen MR) is 95.0 cm³/mol. The Morgan fingerprint density at radius 3 is 2.00 bits per heavy atom. The maximum atomic E-state index is 9.40. The first-order valence-electron chi connectivity index (χ1n) is 8.81. The minimum atomic E-state index is -0.0484. The molecular weight excluding hydrogens is 336 g/mol. The van der Waals surface area contributed by atoms with Gasteiger partial charge in [-0.05, 0) is 17.7 Å². The van der Waals surface area contributed by atoms with Crippen molar-refractivity contribution in [2.24, 2.45) is 0 Å². The van der Waals surface area contributed by atoms with Gasteiger partial charge in [0.2, 0.25) is 11.9 Å². The average Bonchev–Trinajstić information content (AvgIpc) is 2.75. The fourth-order valence-electron chi connectivity index (χ4n) is 2.97. The van der Waals surface area contributed by atoms with Gasteiger partial charge in [0.25, 0.3) is 0 Å². The summed E-state index contributed by atoms with van der Waals surface area (Å²) in [6, 6.07) is 3.58. The van der Waals surface area contributed by atoms with Crippen molar-refractivity contribution in [3.8, 4) is 11.5 Å². The molecule has 9 nitrogen and oxygen atoms in total. The highest BCUT2D eigenvalue weighted by Crippen LogP contribution is 2.22. The van der Waals surface area contributed by atoms with Crippen LogP contribution in [-0.2, 0) is 16.1 Å². The third-order valence-electron chi connectivity index (χ3n) is 4.44. The Labute approximate surface area is 151 Å². The lowest BCUT2D eigenvalue weighted by Crippen LogP contribution is -2.40. The summed E-state index contributed by atoms with van der Waals surface area (Å²) in [6.07, 6.45) is 1.66. The van der Waals surface area contributed by atoms with Crippen LogP contribution in [0.5, 0.6) is 0 Å². The van der Waals surface area contributed by atoms with Crippen molar-refractivity contribution < 1.29 is 14.6 Å². The Morgan fingerprint density at radius 1 is 0.885 bits per heavy atom. The van der Waals surface area contributed by atoms with Gasteiger partial charge in [0, 0.05) is 32.4 Å². The van der Waals surface area contributed by atoms with E-state index < -0.39 is 0 Å². The zero-order valence-electron chi connectivity index (χ0n) is 14.5. The van der Waals surface area contributed by atoms with E-state index in [1.165, 1.54) is 0 Å². The molecule has 4 heterocycles. The van der Waals surface area contributed by atoms with E-state index in [2.05, 4.69) is 24.8 Å². The molecule has 26 heavy (non-hydrogen) atoms. The van der Waals surface area contributed by atoms with Crippen LogP contribution in [0.1, 0.15) is 5.56 Å². The quantitative estimate of drug-likeness (QED) is 0.816. The van der Waals surface area contributed by atoms with Crippen LogP contribution in [0.25, 0.3) is 11.5 Å². The number of pyridine rings is 1. The van der Waals surface area contributed by atoms with Crippen molar-refractivity contribution in [1.82, 2.24) is 19.9 Å². The number of aromatic nitrogens is 4. The van der Waals surface area contributed by atoms with Crippen molar-refractivity contribution in [2.75, 3.05) is 62.4 Å². The van der Waals surface area contributed by atoms with Gasteiger partial charge in [0.15, 0.2) is 5.82 Å². The molecule has 1 N–H and O–H groups in total. The second kappa shape index (κ2) is 7.90. The Morgan fingerprint density at radius 2 is 1.46 bits per heavy atom. The first-order valence-corrected chi connectivity index (χ1v) is 8.81. The molecule has 0 saturated carbocycles. The molecule has 9 heteroatoms. The molecule has 0 amide bonds. The Balaban J connectivity index is 1.73. The van der Waals surface area contributed by atoms with Crippen LogP contribution in [0.2, 0.25) is 0 Å². The number of ether oxygens (including phenoxy) is 2. The summed E-state index contributed by atoms with van der Waals surface area (Å²) in [5, 5.41) is 9.40. The fraction of sp³-hybridized carbons (Fsp3) is 0.529. The van der Waals surface area contributed by atoms with Crippen molar-refractivity contribution in [3.63, 3.8) is 0 Å². The molecule has 0 atom stereocenters. The molecule has 2 saturated heterocycles. The molecule has 2 fully saturated rings. The zero-order chi connectivity index (χ0) is 17.8. The molecule has 2 aliphatic heterocycles. The minimum Gasteiger partial charge on any atom is -0.392 e. The number of hydrogen-bond donors (Lipinski definition) is 1. The summed E-state index contributed by atoms with van der Waals surface area (Å²) in [5.41, 5.74) is 1.40. The summed E-state index contributed by atoms with van der Waals surface area (Å²) in [7, 11) is 0. The molecule has 2 aliphatic rings. The molecule has 4 rings (SSSR count). The molecule has 2 aromatic heterocycles. The van der Waals surface area contributed by atoms with Crippen LogP contribution in [0, 0.1) is 0 Å². The summed E-state index contributed by atoms with van der Waals surface area (Å²) in [6.45, 7) is 5.57. The SMILES string of the molecule is OCc1ccnc(-c2nc(N3CCOCC3)nc(N3CCOCC3)n2)c1. The van der Waals surface area contributed by atoms with Crippen LogP contribution in [0.3, 0.4) is 0 Å². The highest BCUT2D eigenvalue weighted by Gasteiger charge is 2.21. The maximum Gasteiger partial charge on any atom is 0.230 e. The number of morpholine rings is 2. The van der Waals surface area contributed by atoms with Crippen molar-refractivity contribution in [2.45, 2.75) is 6.61 Å². The van der Waals surface area contributed by atoms with Crippen molar-refractivity contribution in [3.05, 3.63) is 23.9 Å². The van der Waals surface area contributed by atoms with Gasteiger partial charge in [0.05, 0.1) is 33.0 Å². The standard InChI is InChI=1S/C17H22N6O3/c24-12-13-1-2-18-14(11-13)15-19-16(22-3-7-25-8-4-22)21-17(20-15)23-5-9-26-10-6-23/h1-2,11,24H,3-10,12H2. The van der Waals surface area contributed by atoms with E-state index in [1.54, 1.807) is 12.3 Å². The van der Waals surface area contributed by atoms with Crippen molar-refractivity contribution in [1.29, 1.82) is 0 Å². The number of aliphatic hydroxyl groups is 1. The van der Waals surface area contributed by atoms with Gasteiger partial charge < -0.3 is 24.4 Å². The lowest BCUT2D eigenvalue weighted by atomic mass is 10.2. The topological polar surface area (TPSA) is 96.7 Å². The van der Waals surface area contributed by atoms with E-state index in [1.807, 2.05) is 6.07 Å². The molecule has 0 radical (unpaired) electrons. The lowest BCUT2D eigenvalue weighted by molar-refractivity contribution is 0.121. The van der Waals surface area contributed by atoms with Gasteiger partial charge >= 0.3 is 0 Å². The highest BCUT2D eigenvalue weighted by atomic mass is 16.5. The van der Waals surface area contributed by atoms with E-state index in [-0.39, 0.29) is 6.61 Å². The third kappa shape index (κ3) is 3.74. The molecule has 0 spiro atoms. The number of aliphatic hydroxyl groups excluding tert-OH is 1. The highest BCUT2D eigenvalue weighted by molar-refractivity contribution is 5.55. The smallest absolute Gasteiger partial charge is 0.230 e. The van der Waals surface area contributed by atoms with Crippen LogP contribution < -0.4 is 9.80 Å². The second-order valence-electron chi connectivity index (χ2n) is 6.17. The van der Waals surface area contributed by atoms with E-state index in [0.717, 1.165) is 31.7 Å². The summed E-state index contributed by atoms with van der Waals surface area (Å²) >= 11 is 0. The van der Waals surface area contributed by atoms with Gasteiger partial charge in [-0.1, -0.05) is 0 Å². The summed E-state index contributed by atoms with van der Waals surface area (Å²) in [4.78, 5) is 22.6. The van der Waals surface area contributed by atoms with E-state index >= 15 is 0 Å². The fourth-order valence-corrected chi connectivity index (χ4v) is 2.97. The molecule has 0 bridgehead atoms. The van der Waals surface area contributed by atoms with Crippen LogP contribution in [0.15, 0.2) is 18.3 Å². The molecule has 2 aromatic rings. The van der Waals surface area contributed by atoms with Gasteiger partial charge in [-0.2, -0.15) is 15.0 Å². The molecule has 0 aliphatic carbocycles. The monoisotopic (exact) mass is 358 g/mol. The van der Waals surface area contributed by atoms with Gasteiger partial charge in [0.1, 0.15) is 5.69 Å². The van der Waals surface area contributed by atoms with E-state index in [0.29, 0.717) is 49.8 Å². The molecular formula is C17H22N6O3. The van der Waals surface area contributed by atoms with Gasteiger partial charge in [-0.3, -0.25) is 4.98 Å². The first-order chi connectivity index (χ1) is 12.8. The average molecular weight is 358 g/mol. The second-order valence-corrected chi connectivity index (χ2v) is 6.17. The number of nitrogens with zero attached hydrogens (tertiary/aromatic N) is 6. The third-order valence-corrected chi connectivity index (χ3v) is 4.44. The number of rotatable bonds is 4. The van der Waals surface area contributed by atoms with E-state index in [4.69, 9.17) is 14.5 Å². The Hall–Kier alpha value is -2.36. The maximum absolute atomic E-state index is 9.40. The zero-order valence-corrected chi connectivity index (χ0v) is 14.5. The summed E-state index contributed by atoms with van der Waals surface area (Å²) < 4.78 is 10.9. The van der Waals surface area contributed by atoms with Crippen LogP contribution >= 0.6 is 0 Å². The molecule has 0 aromatic carbocycles. The first kappa shape index (κ1) is 17.1. The number of hydrogen-bond acceptors (Lipinski definition) is 9. The molecule has 138 valence electrons.